The predicted octanol–water partition coefficient (Wildman–Crippen LogP) is 1.51. The zero-order valence-corrected chi connectivity index (χ0v) is 9.60. The molecule has 1 aliphatic rings. The lowest BCUT2D eigenvalue weighted by atomic mass is 10.2. The molecule has 1 fully saturated rings. The Balaban J connectivity index is 1.95. The third kappa shape index (κ3) is 1.80. The first-order valence-electron chi connectivity index (χ1n) is 5.92. The number of aromatic nitrogens is 1. The summed E-state index contributed by atoms with van der Waals surface area (Å²) in [5.74, 6) is 0. The van der Waals surface area contributed by atoms with Crippen LogP contribution in [0.15, 0.2) is 36.5 Å². The third-order valence-electron chi connectivity index (χ3n) is 3.19. The topological polar surface area (TPSA) is 37.3 Å². The largest absolute Gasteiger partial charge is 0.328 e. The quantitative estimate of drug-likeness (QED) is 0.743. The minimum atomic E-state index is 0.0766. The number of carbonyl (C=O) groups is 1. The lowest BCUT2D eigenvalue weighted by Crippen LogP contribution is -2.47. The van der Waals surface area contributed by atoms with Crippen LogP contribution >= 0.6 is 0 Å². The normalized spacial score (nSPS) is 16.4. The summed E-state index contributed by atoms with van der Waals surface area (Å²) in [6, 6.07) is 10.0. The number of piperazine rings is 1. The van der Waals surface area contributed by atoms with E-state index in [1.165, 1.54) is 0 Å². The third-order valence-corrected chi connectivity index (χ3v) is 3.19. The number of hydrogen-bond acceptors (Lipinski definition) is 2. The van der Waals surface area contributed by atoms with Crippen LogP contribution in [0, 0.1) is 0 Å². The Morgan fingerprint density at radius 2 is 1.88 bits per heavy atom. The second-order valence-corrected chi connectivity index (χ2v) is 4.26. The summed E-state index contributed by atoms with van der Waals surface area (Å²) < 4.78 is 1.74. The first-order chi connectivity index (χ1) is 8.36. The first-order valence-corrected chi connectivity index (χ1v) is 5.92. The summed E-state index contributed by atoms with van der Waals surface area (Å²) in [6.07, 6.45) is 1.86. The minimum Gasteiger partial charge on any atom is -0.322 e. The average molecular weight is 229 g/mol. The molecule has 2 heterocycles. The molecule has 1 N–H and O–H groups in total. The molecule has 17 heavy (non-hydrogen) atoms. The summed E-state index contributed by atoms with van der Waals surface area (Å²) in [6.45, 7) is 3.33. The Hall–Kier alpha value is -1.81. The van der Waals surface area contributed by atoms with Crippen LogP contribution in [0.1, 0.15) is 0 Å². The highest BCUT2D eigenvalue weighted by Crippen LogP contribution is 2.16. The highest BCUT2D eigenvalue weighted by Gasteiger charge is 2.18. The number of para-hydroxylation sites is 1. The predicted molar refractivity (Wildman–Crippen MR) is 67.2 cm³/mol. The average Bonchev–Trinajstić information content (AvgIpc) is 2.83. The van der Waals surface area contributed by atoms with Gasteiger partial charge >= 0.3 is 6.03 Å². The number of hydrogen-bond donors (Lipinski definition) is 1. The summed E-state index contributed by atoms with van der Waals surface area (Å²) in [4.78, 5) is 14.2. The molecule has 1 amide bonds. The van der Waals surface area contributed by atoms with Gasteiger partial charge in [0.05, 0.1) is 5.52 Å². The van der Waals surface area contributed by atoms with Gasteiger partial charge in [0.15, 0.2) is 0 Å². The van der Waals surface area contributed by atoms with Crippen molar-refractivity contribution >= 4 is 16.9 Å². The van der Waals surface area contributed by atoms with Gasteiger partial charge in [-0.25, -0.2) is 4.79 Å². The number of rotatable bonds is 0. The van der Waals surface area contributed by atoms with Crippen molar-refractivity contribution in [2.75, 3.05) is 26.2 Å². The molecule has 4 heteroatoms. The molecule has 1 aromatic carbocycles. The van der Waals surface area contributed by atoms with Crippen molar-refractivity contribution in [1.29, 1.82) is 0 Å². The summed E-state index contributed by atoms with van der Waals surface area (Å²) in [5.41, 5.74) is 0.982. The number of amides is 1. The minimum absolute atomic E-state index is 0.0766. The SMILES string of the molecule is O=C(N1CCNCC1)n1ccc2ccccc21. The van der Waals surface area contributed by atoms with Crippen LogP contribution in [0.5, 0.6) is 0 Å². The van der Waals surface area contributed by atoms with Crippen LogP contribution in [0.3, 0.4) is 0 Å². The van der Waals surface area contributed by atoms with E-state index in [0.717, 1.165) is 37.1 Å². The zero-order valence-electron chi connectivity index (χ0n) is 9.60. The molecular weight excluding hydrogens is 214 g/mol. The molecule has 0 spiro atoms. The lowest BCUT2D eigenvalue weighted by molar-refractivity contribution is 0.193. The molecule has 0 radical (unpaired) electrons. The van der Waals surface area contributed by atoms with Crippen molar-refractivity contribution in [2.24, 2.45) is 0 Å². The molecular formula is C13H15N3O. The molecule has 0 bridgehead atoms. The molecule has 3 rings (SSSR count). The maximum Gasteiger partial charge on any atom is 0.328 e. The smallest absolute Gasteiger partial charge is 0.322 e. The van der Waals surface area contributed by atoms with E-state index >= 15 is 0 Å². The van der Waals surface area contributed by atoms with Gasteiger partial charge in [0, 0.05) is 37.8 Å². The fourth-order valence-electron chi connectivity index (χ4n) is 2.26. The van der Waals surface area contributed by atoms with Gasteiger partial charge in [-0.3, -0.25) is 4.57 Å². The van der Waals surface area contributed by atoms with Crippen molar-refractivity contribution in [3.63, 3.8) is 0 Å². The summed E-state index contributed by atoms with van der Waals surface area (Å²) in [7, 11) is 0. The van der Waals surface area contributed by atoms with Gasteiger partial charge in [-0.2, -0.15) is 0 Å². The summed E-state index contributed by atoms with van der Waals surface area (Å²) >= 11 is 0. The van der Waals surface area contributed by atoms with E-state index < -0.39 is 0 Å². The number of carbonyl (C=O) groups excluding carboxylic acids is 1. The molecule has 0 saturated carbocycles. The van der Waals surface area contributed by atoms with E-state index in [1.54, 1.807) is 4.57 Å². The van der Waals surface area contributed by atoms with E-state index in [4.69, 9.17) is 0 Å². The molecule has 0 aliphatic carbocycles. The first kappa shape index (κ1) is 10.4. The Morgan fingerprint density at radius 3 is 2.71 bits per heavy atom. The van der Waals surface area contributed by atoms with E-state index in [-0.39, 0.29) is 6.03 Å². The van der Waals surface area contributed by atoms with E-state index in [2.05, 4.69) is 5.32 Å². The standard InChI is InChI=1S/C13H15N3O/c17-13(15-9-6-14-7-10-15)16-8-5-11-3-1-2-4-12(11)16/h1-5,8,14H,6-7,9-10H2. The van der Waals surface area contributed by atoms with Crippen LogP contribution in [0.2, 0.25) is 0 Å². The highest BCUT2D eigenvalue weighted by molar-refractivity contribution is 5.91. The Bertz CT molecular complexity index is 540. The van der Waals surface area contributed by atoms with Gasteiger partial charge in [-0.05, 0) is 12.1 Å². The fraction of sp³-hybridized carbons (Fsp3) is 0.308. The zero-order chi connectivity index (χ0) is 11.7. The molecule has 0 atom stereocenters. The van der Waals surface area contributed by atoms with Gasteiger partial charge < -0.3 is 10.2 Å². The van der Waals surface area contributed by atoms with E-state index in [0.29, 0.717) is 0 Å². The van der Waals surface area contributed by atoms with Crippen LogP contribution in [-0.4, -0.2) is 41.7 Å². The Morgan fingerprint density at radius 1 is 1.12 bits per heavy atom. The van der Waals surface area contributed by atoms with Crippen molar-refractivity contribution in [3.05, 3.63) is 36.5 Å². The fourth-order valence-corrected chi connectivity index (χ4v) is 2.26. The molecule has 2 aromatic rings. The van der Waals surface area contributed by atoms with Gasteiger partial charge in [0.25, 0.3) is 0 Å². The van der Waals surface area contributed by atoms with E-state index in [9.17, 15) is 4.79 Å². The second kappa shape index (κ2) is 4.22. The maximum absolute atomic E-state index is 12.3. The molecule has 4 nitrogen and oxygen atoms in total. The van der Waals surface area contributed by atoms with Crippen LogP contribution in [0.25, 0.3) is 10.9 Å². The molecule has 0 unspecified atom stereocenters. The molecule has 1 aliphatic heterocycles. The number of benzene rings is 1. The summed E-state index contributed by atoms with van der Waals surface area (Å²) in [5, 5.41) is 4.36. The Labute approximate surface area is 99.8 Å². The van der Waals surface area contributed by atoms with Crippen molar-refractivity contribution in [3.8, 4) is 0 Å². The number of fused-ring (bicyclic) bond motifs is 1. The van der Waals surface area contributed by atoms with Crippen molar-refractivity contribution in [2.45, 2.75) is 0 Å². The van der Waals surface area contributed by atoms with Crippen molar-refractivity contribution in [1.82, 2.24) is 14.8 Å². The highest BCUT2D eigenvalue weighted by atomic mass is 16.2. The molecule has 88 valence electrons. The van der Waals surface area contributed by atoms with Gasteiger partial charge in [-0.15, -0.1) is 0 Å². The number of nitrogens with one attached hydrogen (secondary N) is 1. The van der Waals surface area contributed by atoms with Gasteiger partial charge in [0.1, 0.15) is 0 Å². The van der Waals surface area contributed by atoms with Gasteiger partial charge in [-0.1, -0.05) is 18.2 Å². The van der Waals surface area contributed by atoms with Crippen molar-refractivity contribution < 1.29 is 4.79 Å². The molecule has 1 aromatic heterocycles. The number of nitrogens with zero attached hydrogens (tertiary/aromatic N) is 2. The van der Waals surface area contributed by atoms with Crippen LogP contribution in [0.4, 0.5) is 4.79 Å². The maximum atomic E-state index is 12.3. The van der Waals surface area contributed by atoms with Crippen LogP contribution < -0.4 is 5.32 Å². The van der Waals surface area contributed by atoms with Gasteiger partial charge in [0.2, 0.25) is 0 Å². The lowest BCUT2D eigenvalue weighted by Gasteiger charge is -2.27. The van der Waals surface area contributed by atoms with Crippen LogP contribution in [-0.2, 0) is 0 Å². The Kier molecular flexibility index (Phi) is 2.57. The molecule has 1 saturated heterocycles. The van der Waals surface area contributed by atoms with E-state index in [1.807, 2.05) is 41.4 Å². The monoisotopic (exact) mass is 229 g/mol. The second-order valence-electron chi connectivity index (χ2n) is 4.26.